The predicted octanol–water partition coefficient (Wildman–Crippen LogP) is 2.25. The smallest absolute Gasteiger partial charge is 0.247 e. The molecule has 1 spiro atoms. The van der Waals surface area contributed by atoms with Crippen molar-refractivity contribution in [3.05, 3.63) is 90.5 Å². The molecule has 6 atom stereocenters. The lowest BCUT2D eigenvalue weighted by atomic mass is 9.70. The number of benzene rings is 3. The average Bonchev–Trinajstić information content (AvgIpc) is 3.77. The van der Waals surface area contributed by atoms with E-state index >= 15 is 0 Å². The fourth-order valence-electron chi connectivity index (χ4n) is 7.09. The minimum Gasteiger partial charge on any atom is -0.394 e. The number of aliphatic hydroxyl groups is 1. The summed E-state index contributed by atoms with van der Waals surface area (Å²) in [5, 5.41) is 24.8. The van der Waals surface area contributed by atoms with Gasteiger partial charge >= 0.3 is 0 Å². The van der Waals surface area contributed by atoms with Gasteiger partial charge in [0.25, 0.3) is 0 Å². The van der Waals surface area contributed by atoms with Crippen LogP contribution in [0.2, 0.25) is 0 Å². The highest BCUT2D eigenvalue weighted by Gasteiger charge is 2.75. The van der Waals surface area contributed by atoms with E-state index in [-0.39, 0.29) is 18.5 Å². The number of para-hydroxylation sites is 2. The van der Waals surface area contributed by atoms with Crippen molar-refractivity contribution in [3.8, 4) is 0 Å². The summed E-state index contributed by atoms with van der Waals surface area (Å²) < 4.78 is 8.10. The molecule has 2 unspecified atom stereocenters. The first-order valence-electron chi connectivity index (χ1n) is 14.1. The molecule has 3 aliphatic heterocycles. The van der Waals surface area contributed by atoms with Crippen molar-refractivity contribution in [2.24, 2.45) is 11.8 Å². The van der Waals surface area contributed by atoms with Crippen molar-refractivity contribution >= 4 is 34.4 Å². The summed E-state index contributed by atoms with van der Waals surface area (Å²) in [6.07, 6.45) is 0.484. The van der Waals surface area contributed by atoms with Gasteiger partial charge in [-0.2, -0.15) is 0 Å². The number of likely N-dealkylation sites (tertiary alicyclic amines) is 1. The SMILES string of the molecule is O=C(NCn1nnc2ccccc21)C1N([C@H](CO)c2ccccc2)C(=O)[C@@H]2[C@H](C(=O)Nc3ccccc3)[C@@H]3CCC12O3. The largest absolute Gasteiger partial charge is 0.394 e. The van der Waals surface area contributed by atoms with Crippen molar-refractivity contribution in [2.45, 2.75) is 43.3 Å². The zero-order chi connectivity index (χ0) is 28.8. The van der Waals surface area contributed by atoms with Crippen LogP contribution in [0.5, 0.6) is 0 Å². The Morgan fingerprint density at radius 1 is 1.00 bits per heavy atom. The summed E-state index contributed by atoms with van der Waals surface area (Å²) in [6.45, 7) is -0.380. The van der Waals surface area contributed by atoms with E-state index < -0.39 is 48.1 Å². The number of amides is 3. The van der Waals surface area contributed by atoms with E-state index in [4.69, 9.17) is 4.74 Å². The van der Waals surface area contributed by atoms with Crippen LogP contribution in [-0.2, 0) is 25.8 Å². The Bertz CT molecular complexity index is 1650. The number of nitrogens with one attached hydrogen (secondary N) is 2. The highest BCUT2D eigenvalue weighted by atomic mass is 16.5. The normalized spacial score (nSPS) is 26.8. The van der Waals surface area contributed by atoms with Crippen LogP contribution in [0.4, 0.5) is 5.69 Å². The molecule has 3 amide bonds. The van der Waals surface area contributed by atoms with Gasteiger partial charge in [-0.1, -0.05) is 65.9 Å². The number of carbonyl (C=O) groups excluding carboxylic acids is 3. The molecule has 7 rings (SSSR count). The lowest BCUT2D eigenvalue weighted by Crippen LogP contribution is -2.56. The van der Waals surface area contributed by atoms with E-state index in [0.29, 0.717) is 29.6 Å². The molecule has 3 N–H and O–H groups in total. The van der Waals surface area contributed by atoms with Gasteiger partial charge in [0.2, 0.25) is 17.7 Å². The summed E-state index contributed by atoms with van der Waals surface area (Å²) in [4.78, 5) is 43.6. The van der Waals surface area contributed by atoms with Gasteiger partial charge in [-0.3, -0.25) is 14.4 Å². The predicted molar refractivity (Wildman–Crippen MR) is 151 cm³/mol. The van der Waals surface area contributed by atoms with Crippen molar-refractivity contribution in [2.75, 3.05) is 11.9 Å². The number of hydrogen-bond donors (Lipinski definition) is 3. The first-order chi connectivity index (χ1) is 20.5. The zero-order valence-corrected chi connectivity index (χ0v) is 22.7. The van der Waals surface area contributed by atoms with Gasteiger partial charge in [0, 0.05) is 5.69 Å². The van der Waals surface area contributed by atoms with Crippen LogP contribution in [0, 0.1) is 11.8 Å². The van der Waals surface area contributed by atoms with E-state index in [2.05, 4.69) is 20.9 Å². The molecule has 4 heterocycles. The topological polar surface area (TPSA) is 139 Å². The summed E-state index contributed by atoms with van der Waals surface area (Å²) >= 11 is 0. The number of anilines is 1. The van der Waals surface area contributed by atoms with Crippen LogP contribution >= 0.6 is 0 Å². The Morgan fingerprint density at radius 3 is 2.48 bits per heavy atom. The van der Waals surface area contributed by atoms with Gasteiger partial charge in [-0.25, -0.2) is 4.68 Å². The molecule has 3 fully saturated rings. The molecule has 2 bridgehead atoms. The van der Waals surface area contributed by atoms with E-state index in [1.54, 1.807) is 16.8 Å². The van der Waals surface area contributed by atoms with Crippen LogP contribution in [-0.4, -0.2) is 67.1 Å². The Labute approximate surface area is 241 Å². The summed E-state index contributed by atoms with van der Waals surface area (Å²) in [5.41, 5.74) is 1.54. The zero-order valence-electron chi connectivity index (χ0n) is 22.7. The minimum absolute atomic E-state index is 0.0229. The van der Waals surface area contributed by atoms with Gasteiger partial charge in [0.1, 0.15) is 23.8 Å². The third-order valence-corrected chi connectivity index (χ3v) is 8.85. The van der Waals surface area contributed by atoms with Gasteiger partial charge < -0.3 is 25.4 Å². The highest BCUT2D eigenvalue weighted by molar-refractivity contribution is 6.02. The highest BCUT2D eigenvalue weighted by Crippen LogP contribution is 2.59. The second kappa shape index (κ2) is 10.3. The van der Waals surface area contributed by atoms with Gasteiger partial charge in [0.15, 0.2) is 0 Å². The molecule has 42 heavy (non-hydrogen) atoms. The number of aromatic nitrogens is 3. The van der Waals surface area contributed by atoms with Gasteiger partial charge in [-0.15, -0.1) is 5.10 Å². The molecule has 11 heteroatoms. The molecular weight excluding hydrogens is 536 g/mol. The first kappa shape index (κ1) is 26.3. The third-order valence-electron chi connectivity index (χ3n) is 8.85. The fraction of sp³-hybridized carbons (Fsp3) is 0.323. The fourth-order valence-corrected chi connectivity index (χ4v) is 7.09. The second-order valence-corrected chi connectivity index (χ2v) is 11.0. The number of fused-ring (bicyclic) bond motifs is 2. The molecule has 0 radical (unpaired) electrons. The number of aliphatic hydroxyl groups excluding tert-OH is 1. The number of hydrogen-bond acceptors (Lipinski definition) is 7. The van der Waals surface area contributed by atoms with Crippen molar-refractivity contribution < 1.29 is 24.2 Å². The van der Waals surface area contributed by atoms with Crippen LogP contribution < -0.4 is 10.6 Å². The summed E-state index contributed by atoms with van der Waals surface area (Å²) in [6, 6.07) is 23.7. The molecule has 3 aliphatic rings. The third kappa shape index (κ3) is 4.07. The van der Waals surface area contributed by atoms with E-state index in [9.17, 15) is 19.5 Å². The van der Waals surface area contributed by atoms with Crippen molar-refractivity contribution in [3.63, 3.8) is 0 Å². The molecule has 4 aromatic rings. The molecule has 1 aromatic heterocycles. The van der Waals surface area contributed by atoms with Gasteiger partial charge in [0.05, 0.1) is 36.1 Å². The maximum atomic E-state index is 14.4. The Morgan fingerprint density at radius 2 is 1.71 bits per heavy atom. The number of carbonyl (C=O) groups is 3. The lowest BCUT2D eigenvalue weighted by Gasteiger charge is -2.36. The summed E-state index contributed by atoms with van der Waals surface area (Å²) in [5.74, 6) is -2.78. The van der Waals surface area contributed by atoms with Crippen LogP contribution in [0.25, 0.3) is 11.0 Å². The van der Waals surface area contributed by atoms with Crippen LogP contribution in [0.1, 0.15) is 24.4 Å². The number of rotatable bonds is 8. The standard InChI is InChI=1S/C31H30N6O5/c38-17-23(19-9-3-1-4-10-19)37-27(29(40)32-18-36-22-14-8-7-13-21(22)34-35-36)31-16-15-24(42-31)25(26(31)30(37)41)28(39)33-20-11-5-2-6-12-20/h1-14,23-27,38H,15-18H2,(H,32,40)(H,33,39)/t23-,24+,25-,26+,27?,31?/m1/s1. The summed E-state index contributed by atoms with van der Waals surface area (Å²) in [7, 11) is 0. The number of ether oxygens (including phenoxy) is 1. The second-order valence-electron chi connectivity index (χ2n) is 11.0. The quantitative estimate of drug-likeness (QED) is 0.297. The Balaban J connectivity index is 1.24. The molecule has 214 valence electrons. The molecule has 3 aromatic carbocycles. The van der Waals surface area contributed by atoms with Crippen molar-refractivity contribution in [1.29, 1.82) is 0 Å². The van der Waals surface area contributed by atoms with Crippen LogP contribution in [0.3, 0.4) is 0 Å². The maximum Gasteiger partial charge on any atom is 0.247 e. The Kier molecular flexibility index (Phi) is 6.47. The minimum atomic E-state index is -1.21. The average molecular weight is 567 g/mol. The van der Waals surface area contributed by atoms with E-state index in [0.717, 1.165) is 5.52 Å². The lowest BCUT2D eigenvalue weighted by molar-refractivity contribution is -0.145. The van der Waals surface area contributed by atoms with Crippen molar-refractivity contribution in [1.82, 2.24) is 25.2 Å². The Hall–Kier alpha value is -4.61. The van der Waals surface area contributed by atoms with E-state index in [1.165, 1.54) is 4.90 Å². The molecule has 11 nitrogen and oxygen atoms in total. The number of nitrogens with zero attached hydrogens (tertiary/aromatic N) is 4. The molecule has 0 saturated carbocycles. The molecule has 3 saturated heterocycles. The van der Waals surface area contributed by atoms with Gasteiger partial charge in [-0.05, 0) is 42.7 Å². The van der Waals surface area contributed by atoms with E-state index in [1.807, 2.05) is 72.8 Å². The first-order valence-corrected chi connectivity index (χ1v) is 14.1. The molecular formula is C31H30N6O5. The monoisotopic (exact) mass is 566 g/mol. The van der Waals surface area contributed by atoms with Crippen LogP contribution in [0.15, 0.2) is 84.9 Å². The molecule has 0 aliphatic carbocycles. The maximum absolute atomic E-state index is 14.4.